The fraction of sp³-hybridized carbons (Fsp3) is 0.917. The van der Waals surface area contributed by atoms with Gasteiger partial charge in [-0.15, -0.1) is 0 Å². The minimum atomic E-state index is -0.0534. The molecule has 16 heavy (non-hydrogen) atoms. The fourth-order valence-corrected chi connectivity index (χ4v) is 1.72. The van der Waals surface area contributed by atoms with Crippen molar-refractivity contribution in [3.63, 3.8) is 0 Å². The molecule has 4 heteroatoms. The summed E-state index contributed by atoms with van der Waals surface area (Å²) in [5, 5.41) is 9.20. The van der Waals surface area contributed by atoms with Crippen LogP contribution in [0.5, 0.6) is 0 Å². The van der Waals surface area contributed by atoms with Gasteiger partial charge < -0.3 is 16.0 Å². The summed E-state index contributed by atoms with van der Waals surface area (Å²) in [5.74, 6) is 0. The Hall–Kier alpha value is -0.770. The second kappa shape index (κ2) is 6.09. The number of piperidine rings is 1. The second-order valence-corrected chi connectivity index (χ2v) is 5.77. The molecule has 0 aromatic carbocycles. The summed E-state index contributed by atoms with van der Waals surface area (Å²) in [7, 11) is 0. The van der Waals surface area contributed by atoms with E-state index in [0.717, 1.165) is 13.1 Å². The molecule has 0 saturated carbocycles. The first-order chi connectivity index (χ1) is 7.47. The smallest absolute Gasteiger partial charge is 0.314 e. The van der Waals surface area contributed by atoms with Gasteiger partial charge in [-0.3, -0.25) is 0 Å². The molecule has 1 aliphatic heterocycles. The molecule has 1 heterocycles. The molecular weight excluding hydrogens is 202 g/mol. The largest absolute Gasteiger partial charge is 0.338 e. The number of hydrogen-bond acceptors (Lipinski definition) is 2. The van der Waals surface area contributed by atoms with E-state index in [1.165, 1.54) is 19.3 Å². The van der Waals surface area contributed by atoms with Gasteiger partial charge in [0.15, 0.2) is 0 Å². The van der Waals surface area contributed by atoms with E-state index in [4.69, 9.17) is 0 Å². The lowest BCUT2D eigenvalue weighted by Crippen LogP contribution is -2.47. The van der Waals surface area contributed by atoms with Crippen LogP contribution < -0.4 is 16.0 Å². The Morgan fingerprint density at radius 2 is 2.06 bits per heavy atom. The number of carbonyl (C=O) groups excluding carboxylic acids is 1. The lowest BCUT2D eigenvalue weighted by molar-refractivity contribution is 0.233. The van der Waals surface area contributed by atoms with E-state index in [2.05, 4.69) is 36.7 Å². The van der Waals surface area contributed by atoms with Crippen LogP contribution in [0.15, 0.2) is 0 Å². The van der Waals surface area contributed by atoms with Gasteiger partial charge in [0, 0.05) is 19.1 Å². The molecule has 1 unspecified atom stereocenters. The third kappa shape index (κ3) is 5.95. The number of carbonyl (C=O) groups is 1. The van der Waals surface area contributed by atoms with Gasteiger partial charge in [0.05, 0.1) is 0 Å². The van der Waals surface area contributed by atoms with Gasteiger partial charge in [0.2, 0.25) is 0 Å². The van der Waals surface area contributed by atoms with Crippen molar-refractivity contribution in [2.45, 2.75) is 46.1 Å². The van der Waals surface area contributed by atoms with Crippen LogP contribution >= 0.6 is 0 Å². The standard InChI is InChI=1S/C12H25N3O/c1-12(2,3)9-15-11(16)14-8-10-6-4-5-7-13-10/h10,13H,4-9H2,1-3H3,(H2,14,15,16). The zero-order chi connectivity index (χ0) is 12.0. The maximum Gasteiger partial charge on any atom is 0.314 e. The van der Waals surface area contributed by atoms with Crippen LogP contribution in [0.3, 0.4) is 0 Å². The molecule has 4 nitrogen and oxygen atoms in total. The van der Waals surface area contributed by atoms with E-state index in [-0.39, 0.29) is 11.4 Å². The summed E-state index contributed by atoms with van der Waals surface area (Å²) >= 11 is 0. The summed E-state index contributed by atoms with van der Waals surface area (Å²) in [5.41, 5.74) is 0.139. The van der Waals surface area contributed by atoms with Crippen molar-refractivity contribution in [1.29, 1.82) is 0 Å². The third-order valence-corrected chi connectivity index (χ3v) is 2.70. The number of urea groups is 1. The Labute approximate surface area is 98.6 Å². The molecule has 94 valence electrons. The van der Waals surface area contributed by atoms with Gasteiger partial charge in [0.1, 0.15) is 0 Å². The quantitative estimate of drug-likeness (QED) is 0.684. The Kier molecular flexibility index (Phi) is 5.06. The van der Waals surface area contributed by atoms with E-state index in [0.29, 0.717) is 12.6 Å². The van der Waals surface area contributed by atoms with Gasteiger partial charge in [-0.1, -0.05) is 27.2 Å². The van der Waals surface area contributed by atoms with Gasteiger partial charge in [-0.05, 0) is 24.8 Å². The predicted molar refractivity (Wildman–Crippen MR) is 66.5 cm³/mol. The van der Waals surface area contributed by atoms with Crippen molar-refractivity contribution >= 4 is 6.03 Å². The van der Waals surface area contributed by atoms with E-state index < -0.39 is 0 Å². The van der Waals surface area contributed by atoms with Crippen LogP contribution in [0.1, 0.15) is 40.0 Å². The highest BCUT2D eigenvalue weighted by Gasteiger charge is 2.14. The van der Waals surface area contributed by atoms with Gasteiger partial charge in [-0.2, -0.15) is 0 Å². The first kappa shape index (κ1) is 13.3. The maximum absolute atomic E-state index is 11.5. The normalized spacial score (nSPS) is 21.6. The summed E-state index contributed by atoms with van der Waals surface area (Å²) in [4.78, 5) is 11.5. The maximum atomic E-state index is 11.5. The number of hydrogen-bond donors (Lipinski definition) is 3. The highest BCUT2D eigenvalue weighted by molar-refractivity contribution is 5.73. The van der Waals surface area contributed by atoms with Crippen molar-refractivity contribution in [1.82, 2.24) is 16.0 Å². The van der Waals surface area contributed by atoms with Crippen LogP contribution in [0, 0.1) is 5.41 Å². The van der Waals surface area contributed by atoms with Crippen molar-refractivity contribution in [3.05, 3.63) is 0 Å². The Morgan fingerprint density at radius 3 is 2.62 bits per heavy atom. The summed E-state index contributed by atoms with van der Waals surface area (Å²) in [6.07, 6.45) is 3.69. The van der Waals surface area contributed by atoms with Crippen LogP contribution in [0.4, 0.5) is 4.79 Å². The highest BCUT2D eigenvalue weighted by Crippen LogP contribution is 2.10. The summed E-state index contributed by atoms with van der Waals surface area (Å²) in [6, 6.07) is 0.399. The average molecular weight is 227 g/mol. The van der Waals surface area contributed by atoms with Gasteiger partial charge >= 0.3 is 6.03 Å². The molecule has 1 fully saturated rings. The highest BCUT2D eigenvalue weighted by atomic mass is 16.2. The molecule has 0 radical (unpaired) electrons. The van der Waals surface area contributed by atoms with Gasteiger partial charge in [0.25, 0.3) is 0 Å². The van der Waals surface area contributed by atoms with E-state index >= 15 is 0 Å². The Morgan fingerprint density at radius 1 is 1.31 bits per heavy atom. The summed E-state index contributed by atoms with van der Waals surface area (Å²) < 4.78 is 0. The van der Waals surface area contributed by atoms with Crippen molar-refractivity contribution in [3.8, 4) is 0 Å². The molecular formula is C12H25N3O. The number of rotatable bonds is 3. The molecule has 1 rings (SSSR count). The second-order valence-electron chi connectivity index (χ2n) is 5.77. The molecule has 1 atom stereocenters. The van der Waals surface area contributed by atoms with Crippen molar-refractivity contribution < 1.29 is 4.79 Å². The average Bonchev–Trinajstić information content (AvgIpc) is 2.24. The molecule has 0 aromatic heterocycles. The third-order valence-electron chi connectivity index (χ3n) is 2.70. The van der Waals surface area contributed by atoms with E-state index in [1.807, 2.05) is 0 Å². The topological polar surface area (TPSA) is 53.2 Å². The van der Waals surface area contributed by atoms with Crippen LogP contribution in [-0.4, -0.2) is 31.7 Å². The van der Waals surface area contributed by atoms with Crippen LogP contribution in [0.25, 0.3) is 0 Å². The molecule has 2 amide bonds. The Balaban J connectivity index is 2.09. The van der Waals surface area contributed by atoms with E-state index in [9.17, 15) is 4.79 Å². The number of amides is 2. The Bertz CT molecular complexity index is 217. The lowest BCUT2D eigenvalue weighted by Gasteiger charge is -2.24. The zero-order valence-electron chi connectivity index (χ0n) is 10.7. The lowest BCUT2D eigenvalue weighted by atomic mass is 9.97. The molecule has 0 aromatic rings. The molecule has 3 N–H and O–H groups in total. The first-order valence-corrected chi connectivity index (χ1v) is 6.22. The molecule has 1 saturated heterocycles. The fourth-order valence-electron chi connectivity index (χ4n) is 1.72. The van der Waals surface area contributed by atoms with Crippen LogP contribution in [0.2, 0.25) is 0 Å². The minimum Gasteiger partial charge on any atom is -0.338 e. The van der Waals surface area contributed by atoms with Gasteiger partial charge in [-0.25, -0.2) is 4.79 Å². The number of nitrogens with one attached hydrogen (secondary N) is 3. The monoisotopic (exact) mass is 227 g/mol. The molecule has 0 bridgehead atoms. The van der Waals surface area contributed by atoms with Crippen molar-refractivity contribution in [2.75, 3.05) is 19.6 Å². The zero-order valence-corrected chi connectivity index (χ0v) is 10.7. The predicted octanol–water partition coefficient (Wildman–Crippen LogP) is 1.47. The molecule has 1 aliphatic rings. The first-order valence-electron chi connectivity index (χ1n) is 6.22. The van der Waals surface area contributed by atoms with Crippen molar-refractivity contribution in [2.24, 2.45) is 5.41 Å². The SMILES string of the molecule is CC(C)(C)CNC(=O)NCC1CCCCN1. The summed E-state index contributed by atoms with van der Waals surface area (Å²) in [6.45, 7) is 8.84. The molecule has 0 spiro atoms. The molecule has 0 aliphatic carbocycles. The van der Waals surface area contributed by atoms with Crippen LogP contribution in [-0.2, 0) is 0 Å². The minimum absolute atomic E-state index is 0.0534. The van der Waals surface area contributed by atoms with E-state index in [1.54, 1.807) is 0 Å².